The monoisotopic (exact) mass is 317 g/mol. The third kappa shape index (κ3) is 3.30. The van der Waals surface area contributed by atoms with E-state index in [1.807, 2.05) is 31.7 Å². The van der Waals surface area contributed by atoms with Crippen molar-refractivity contribution in [1.29, 1.82) is 0 Å². The van der Waals surface area contributed by atoms with Crippen molar-refractivity contribution >= 4 is 5.91 Å². The van der Waals surface area contributed by atoms with Crippen LogP contribution < -0.4 is 0 Å². The van der Waals surface area contributed by atoms with E-state index in [1.54, 1.807) is 6.07 Å². The summed E-state index contributed by atoms with van der Waals surface area (Å²) in [4.78, 5) is 14.8. The quantitative estimate of drug-likeness (QED) is 0.859. The number of aromatic nitrogens is 2. The Kier molecular flexibility index (Phi) is 4.50. The molecule has 1 aliphatic heterocycles. The summed E-state index contributed by atoms with van der Waals surface area (Å²) in [6, 6.07) is 3.59. The Bertz CT molecular complexity index is 674. The molecule has 1 atom stereocenters. The van der Waals surface area contributed by atoms with Gasteiger partial charge in [-0.3, -0.25) is 4.79 Å². The highest BCUT2D eigenvalue weighted by Gasteiger charge is 2.31. The van der Waals surface area contributed by atoms with Crippen molar-refractivity contribution in [1.82, 2.24) is 15.2 Å². The van der Waals surface area contributed by atoms with E-state index in [0.717, 1.165) is 42.9 Å². The maximum absolute atomic E-state index is 12.9. The van der Waals surface area contributed by atoms with E-state index in [0.29, 0.717) is 12.2 Å². The number of likely N-dealkylation sites (tertiary alicyclic amines) is 1. The normalized spacial score (nSPS) is 19.1. The van der Waals surface area contributed by atoms with Crippen LogP contribution in [0, 0.1) is 6.92 Å². The molecular weight excluding hydrogens is 294 g/mol. The summed E-state index contributed by atoms with van der Waals surface area (Å²) in [6.07, 6.45) is 4.06. The fourth-order valence-corrected chi connectivity index (χ4v) is 3.00. The van der Waals surface area contributed by atoms with Gasteiger partial charge in [-0.05, 0) is 19.8 Å². The number of aryl methyl sites for hydroxylation is 1. The third-order valence-corrected chi connectivity index (χ3v) is 4.30. The Morgan fingerprint density at radius 3 is 2.70 bits per heavy atom. The van der Waals surface area contributed by atoms with Crippen LogP contribution in [0.2, 0.25) is 0 Å². The first-order valence-electron chi connectivity index (χ1n) is 8.27. The smallest absolute Gasteiger partial charge is 0.276 e. The molecule has 6 nitrogen and oxygen atoms in total. The van der Waals surface area contributed by atoms with Gasteiger partial charge < -0.3 is 13.9 Å². The van der Waals surface area contributed by atoms with E-state index in [4.69, 9.17) is 9.05 Å². The number of amides is 1. The highest BCUT2D eigenvalue weighted by Crippen LogP contribution is 2.32. The summed E-state index contributed by atoms with van der Waals surface area (Å²) < 4.78 is 10.7. The summed E-state index contributed by atoms with van der Waals surface area (Å²) in [7, 11) is 0. The molecule has 0 saturated carbocycles. The zero-order valence-corrected chi connectivity index (χ0v) is 13.9. The van der Waals surface area contributed by atoms with Gasteiger partial charge >= 0.3 is 0 Å². The average Bonchev–Trinajstić information content (AvgIpc) is 3.10. The first-order valence-corrected chi connectivity index (χ1v) is 8.27. The number of carbonyl (C=O) groups excluding carboxylic acids is 1. The van der Waals surface area contributed by atoms with E-state index in [-0.39, 0.29) is 17.9 Å². The Balaban J connectivity index is 1.87. The lowest BCUT2D eigenvalue weighted by atomic mass is 10.1. The number of hydrogen-bond acceptors (Lipinski definition) is 5. The predicted molar refractivity (Wildman–Crippen MR) is 84.1 cm³/mol. The first-order chi connectivity index (χ1) is 11.1. The van der Waals surface area contributed by atoms with E-state index in [9.17, 15) is 4.79 Å². The number of carbonyl (C=O) groups is 1. The van der Waals surface area contributed by atoms with Gasteiger partial charge in [-0.2, -0.15) is 0 Å². The molecule has 1 saturated heterocycles. The third-order valence-electron chi connectivity index (χ3n) is 4.30. The SMILES string of the molecule is Cc1cc([C@@H]2CCCCCN2C(=O)c2cc(C(C)C)on2)on1. The molecule has 2 aromatic rings. The van der Waals surface area contributed by atoms with Crippen molar-refractivity contribution in [3.05, 3.63) is 35.0 Å². The van der Waals surface area contributed by atoms with Crippen LogP contribution in [0.25, 0.3) is 0 Å². The molecule has 0 bridgehead atoms. The molecule has 0 radical (unpaired) electrons. The van der Waals surface area contributed by atoms with Crippen LogP contribution in [0.1, 0.15) is 79.2 Å². The second kappa shape index (κ2) is 6.56. The molecule has 0 spiro atoms. The van der Waals surface area contributed by atoms with Gasteiger partial charge in [-0.15, -0.1) is 0 Å². The zero-order chi connectivity index (χ0) is 16.4. The molecule has 0 aliphatic carbocycles. The minimum Gasteiger partial charge on any atom is -0.360 e. The lowest BCUT2D eigenvalue weighted by Crippen LogP contribution is -2.34. The van der Waals surface area contributed by atoms with Gasteiger partial charge in [0.05, 0.1) is 11.7 Å². The van der Waals surface area contributed by atoms with Crippen LogP contribution in [0.15, 0.2) is 21.2 Å². The topological polar surface area (TPSA) is 72.4 Å². The standard InChI is InChI=1S/C17H23N3O3/c1-11(2)15-10-13(19-22-15)17(21)20-8-6-4-5-7-14(20)16-9-12(3)18-23-16/h9-11,14H,4-8H2,1-3H3/t14-/m0/s1. The van der Waals surface area contributed by atoms with Crippen molar-refractivity contribution in [3.8, 4) is 0 Å². The molecule has 1 amide bonds. The molecule has 2 aromatic heterocycles. The van der Waals surface area contributed by atoms with Crippen LogP contribution in [-0.2, 0) is 0 Å². The van der Waals surface area contributed by atoms with Gasteiger partial charge in [0.15, 0.2) is 11.5 Å². The molecule has 0 aromatic carbocycles. The second-order valence-corrected chi connectivity index (χ2v) is 6.50. The fourth-order valence-electron chi connectivity index (χ4n) is 3.00. The Morgan fingerprint density at radius 1 is 1.22 bits per heavy atom. The molecule has 1 aliphatic rings. The van der Waals surface area contributed by atoms with E-state index >= 15 is 0 Å². The lowest BCUT2D eigenvalue weighted by Gasteiger charge is -2.27. The van der Waals surface area contributed by atoms with Crippen molar-refractivity contribution in [2.45, 2.75) is 58.4 Å². The Hall–Kier alpha value is -2.11. The minimum atomic E-state index is -0.0957. The zero-order valence-electron chi connectivity index (χ0n) is 13.9. The van der Waals surface area contributed by atoms with Crippen LogP contribution in [0.3, 0.4) is 0 Å². The van der Waals surface area contributed by atoms with Crippen molar-refractivity contribution in [2.24, 2.45) is 0 Å². The highest BCUT2D eigenvalue weighted by molar-refractivity contribution is 5.92. The van der Waals surface area contributed by atoms with Crippen molar-refractivity contribution in [2.75, 3.05) is 6.54 Å². The fraction of sp³-hybridized carbons (Fsp3) is 0.588. The van der Waals surface area contributed by atoms with Crippen molar-refractivity contribution < 1.29 is 13.8 Å². The lowest BCUT2D eigenvalue weighted by molar-refractivity contribution is 0.0640. The maximum Gasteiger partial charge on any atom is 0.276 e. The largest absolute Gasteiger partial charge is 0.360 e. The summed E-state index contributed by atoms with van der Waals surface area (Å²) in [6.45, 7) is 6.62. The van der Waals surface area contributed by atoms with Gasteiger partial charge in [0.2, 0.25) is 0 Å². The summed E-state index contributed by atoms with van der Waals surface area (Å²) in [5, 5.41) is 7.93. The van der Waals surface area contributed by atoms with Gasteiger partial charge in [-0.1, -0.05) is 37.0 Å². The van der Waals surface area contributed by atoms with Gasteiger partial charge in [0, 0.05) is 24.6 Å². The molecule has 6 heteroatoms. The second-order valence-electron chi connectivity index (χ2n) is 6.50. The van der Waals surface area contributed by atoms with Gasteiger partial charge in [-0.25, -0.2) is 0 Å². The molecule has 1 fully saturated rings. The Labute approximate surface area is 135 Å². The molecule has 3 rings (SSSR count). The average molecular weight is 317 g/mol. The summed E-state index contributed by atoms with van der Waals surface area (Å²) >= 11 is 0. The number of rotatable bonds is 3. The van der Waals surface area contributed by atoms with Crippen LogP contribution in [0.4, 0.5) is 0 Å². The summed E-state index contributed by atoms with van der Waals surface area (Å²) in [5.41, 5.74) is 1.21. The van der Waals surface area contributed by atoms with Crippen molar-refractivity contribution in [3.63, 3.8) is 0 Å². The number of hydrogen-bond donors (Lipinski definition) is 0. The molecule has 0 unspecified atom stereocenters. The predicted octanol–water partition coefficient (Wildman–Crippen LogP) is 3.85. The molecule has 23 heavy (non-hydrogen) atoms. The van der Waals surface area contributed by atoms with E-state index in [2.05, 4.69) is 10.3 Å². The van der Waals surface area contributed by atoms with E-state index in [1.165, 1.54) is 0 Å². The van der Waals surface area contributed by atoms with Crippen LogP contribution in [-0.4, -0.2) is 27.7 Å². The highest BCUT2D eigenvalue weighted by atomic mass is 16.5. The van der Waals surface area contributed by atoms with Crippen LogP contribution >= 0.6 is 0 Å². The first kappa shape index (κ1) is 15.8. The molecule has 124 valence electrons. The molecular formula is C17H23N3O3. The van der Waals surface area contributed by atoms with Crippen LogP contribution in [0.5, 0.6) is 0 Å². The maximum atomic E-state index is 12.9. The van der Waals surface area contributed by atoms with Gasteiger partial charge in [0.1, 0.15) is 5.76 Å². The molecule has 3 heterocycles. The minimum absolute atomic E-state index is 0.0783. The van der Waals surface area contributed by atoms with E-state index < -0.39 is 0 Å². The molecule has 0 N–H and O–H groups in total. The summed E-state index contributed by atoms with van der Waals surface area (Å²) in [5.74, 6) is 1.60. The number of nitrogens with zero attached hydrogens (tertiary/aromatic N) is 3. The Morgan fingerprint density at radius 2 is 2.04 bits per heavy atom. The van der Waals surface area contributed by atoms with Gasteiger partial charge in [0.25, 0.3) is 5.91 Å².